The molecule has 0 atom stereocenters. The molecule has 0 aromatic heterocycles. The van der Waals surface area contributed by atoms with E-state index < -0.39 is 59.5 Å². The summed E-state index contributed by atoms with van der Waals surface area (Å²) in [6.07, 6.45) is -12.1. The van der Waals surface area contributed by atoms with Crippen molar-refractivity contribution in [2.45, 2.75) is 31.1 Å². The van der Waals surface area contributed by atoms with Crippen LogP contribution in [0.25, 0.3) is 0 Å². The summed E-state index contributed by atoms with van der Waals surface area (Å²) in [6, 6.07) is -0.779. The average molecular weight is 386 g/mol. The second kappa shape index (κ2) is 6.37. The molecule has 25 heavy (non-hydrogen) atoms. The van der Waals surface area contributed by atoms with Crippen molar-refractivity contribution in [2.75, 3.05) is 6.61 Å². The summed E-state index contributed by atoms with van der Waals surface area (Å²) >= 11 is 0. The minimum absolute atomic E-state index is 0.00328. The molecule has 142 valence electrons. The fourth-order valence-corrected chi connectivity index (χ4v) is 1.66. The molecular weight excluding hydrogens is 378 g/mol. The Labute approximate surface area is 133 Å². The van der Waals surface area contributed by atoms with Gasteiger partial charge in [-0.2, -0.15) is 43.9 Å². The van der Waals surface area contributed by atoms with Crippen molar-refractivity contribution >= 4 is 5.97 Å². The molecule has 0 amide bonds. The SMILES string of the molecule is CCOC(=O)c1cc(C(F)(F)F)cc(C(F)(F)C(F)(F)C(F)(F)F)c1. The molecule has 1 aromatic carbocycles. The highest BCUT2D eigenvalue weighted by molar-refractivity contribution is 5.90. The zero-order valence-electron chi connectivity index (χ0n) is 12.0. The van der Waals surface area contributed by atoms with E-state index in [0.717, 1.165) is 0 Å². The number of carbonyl (C=O) groups is 1. The second-order valence-corrected chi connectivity index (χ2v) is 4.66. The molecule has 0 bridgehead atoms. The lowest BCUT2D eigenvalue weighted by atomic mass is 9.96. The maximum absolute atomic E-state index is 13.6. The van der Waals surface area contributed by atoms with Crippen molar-refractivity contribution in [3.05, 3.63) is 34.9 Å². The van der Waals surface area contributed by atoms with E-state index in [1.807, 2.05) is 0 Å². The highest BCUT2D eigenvalue weighted by Gasteiger charge is 2.73. The Morgan fingerprint density at radius 1 is 0.880 bits per heavy atom. The first kappa shape index (κ1) is 21.0. The number of benzene rings is 1. The topological polar surface area (TPSA) is 26.3 Å². The first-order chi connectivity index (χ1) is 11.1. The zero-order chi connectivity index (χ0) is 19.8. The largest absolute Gasteiger partial charge is 0.462 e. The molecule has 0 aliphatic rings. The van der Waals surface area contributed by atoms with E-state index in [-0.39, 0.29) is 12.1 Å². The molecule has 12 heteroatoms. The first-order valence-corrected chi connectivity index (χ1v) is 6.28. The molecule has 0 heterocycles. The average Bonchev–Trinajstić information content (AvgIpc) is 2.44. The Morgan fingerprint density at radius 3 is 1.76 bits per heavy atom. The van der Waals surface area contributed by atoms with E-state index in [1.165, 1.54) is 6.92 Å². The smallest absolute Gasteiger partial charge is 0.460 e. The lowest BCUT2D eigenvalue weighted by Crippen LogP contribution is -2.50. The molecule has 2 nitrogen and oxygen atoms in total. The van der Waals surface area contributed by atoms with Crippen molar-refractivity contribution in [1.82, 2.24) is 0 Å². The monoisotopic (exact) mass is 386 g/mol. The Balaban J connectivity index is 3.63. The van der Waals surface area contributed by atoms with Gasteiger partial charge in [-0.3, -0.25) is 0 Å². The van der Waals surface area contributed by atoms with Crippen molar-refractivity contribution in [1.29, 1.82) is 0 Å². The predicted octanol–water partition coefficient (Wildman–Crippen LogP) is 5.17. The third-order valence-corrected chi connectivity index (χ3v) is 2.88. The first-order valence-electron chi connectivity index (χ1n) is 6.28. The van der Waals surface area contributed by atoms with Crippen molar-refractivity contribution in [3.63, 3.8) is 0 Å². The molecule has 1 aromatic rings. The van der Waals surface area contributed by atoms with E-state index in [9.17, 15) is 48.7 Å². The van der Waals surface area contributed by atoms with Gasteiger partial charge >= 0.3 is 30.2 Å². The van der Waals surface area contributed by atoms with E-state index in [0.29, 0.717) is 0 Å². The number of carbonyl (C=O) groups excluding carboxylic acids is 1. The predicted molar refractivity (Wildman–Crippen MR) is 62.3 cm³/mol. The van der Waals surface area contributed by atoms with Crippen LogP contribution in [0.2, 0.25) is 0 Å². The highest BCUT2D eigenvalue weighted by atomic mass is 19.4. The molecular formula is C13H8F10O2. The van der Waals surface area contributed by atoms with Gasteiger partial charge in [0.25, 0.3) is 0 Å². The van der Waals surface area contributed by atoms with Gasteiger partial charge in [0, 0.05) is 5.56 Å². The molecule has 0 saturated heterocycles. The van der Waals surface area contributed by atoms with Gasteiger partial charge in [0.1, 0.15) is 0 Å². The van der Waals surface area contributed by atoms with Crippen LogP contribution in [0.5, 0.6) is 0 Å². The minimum Gasteiger partial charge on any atom is -0.462 e. The number of rotatable bonds is 4. The maximum Gasteiger partial charge on any atom is 0.460 e. The fourth-order valence-electron chi connectivity index (χ4n) is 1.66. The molecule has 0 aliphatic heterocycles. The number of ether oxygens (including phenoxy) is 1. The molecule has 0 radical (unpaired) electrons. The highest BCUT2D eigenvalue weighted by Crippen LogP contribution is 2.52. The van der Waals surface area contributed by atoms with Gasteiger partial charge in [-0.1, -0.05) is 0 Å². The van der Waals surface area contributed by atoms with Crippen molar-refractivity contribution < 1.29 is 53.4 Å². The van der Waals surface area contributed by atoms with E-state index in [1.54, 1.807) is 0 Å². The van der Waals surface area contributed by atoms with Crippen LogP contribution in [-0.2, 0) is 16.8 Å². The van der Waals surface area contributed by atoms with Crippen molar-refractivity contribution in [3.8, 4) is 0 Å². The third-order valence-electron chi connectivity index (χ3n) is 2.88. The van der Waals surface area contributed by atoms with Gasteiger partial charge in [-0.15, -0.1) is 0 Å². The van der Waals surface area contributed by atoms with Crippen LogP contribution in [0.3, 0.4) is 0 Å². The standard InChI is InChI=1S/C13H8F10O2/c1-2-25-9(24)6-3-7(5-8(4-6)11(16,17)18)10(14,15)12(19,20)13(21,22)23/h3-5H,2H2,1H3. The van der Waals surface area contributed by atoms with Crippen LogP contribution in [0.15, 0.2) is 18.2 Å². The summed E-state index contributed by atoms with van der Waals surface area (Å²) in [4.78, 5) is 11.4. The lowest BCUT2D eigenvalue weighted by molar-refractivity contribution is -0.359. The lowest BCUT2D eigenvalue weighted by Gasteiger charge is -2.29. The molecule has 0 fully saturated rings. The number of hydrogen-bond acceptors (Lipinski definition) is 2. The van der Waals surface area contributed by atoms with Gasteiger partial charge < -0.3 is 4.74 Å². The van der Waals surface area contributed by atoms with E-state index in [4.69, 9.17) is 0 Å². The Morgan fingerprint density at radius 2 is 1.36 bits per heavy atom. The van der Waals surface area contributed by atoms with Crippen LogP contribution < -0.4 is 0 Å². The van der Waals surface area contributed by atoms with E-state index >= 15 is 0 Å². The zero-order valence-corrected chi connectivity index (χ0v) is 12.0. The van der Waals surface area contributed by atoms with Gasteiger partial charge in [-0.05, 0) is 25.1 Å². The van der Waals surface area contributed by atoms with Gasteiger partial charge in [0.05, 0.1) is 17.7 Å². The summed E-state index contributed by atoms with van der Waals surface area (Å²) in [5.41, 5.74) is -5.58. The fraction of sp³-hybridized carbons (Fsp3) is 0.462. The van der Waals surface area contributed by atoms with Crippen LogP contribution >= 0.6 is 0 Å². The summed E-state index contributed by atoms with van der Waals surface area (Å²) in [7, 11) is 0. The quantitative estimate of drug-likeness (QED) is 0.527. The molecule has 0 aliphatic carbocycles. The molecule has 0 unspecified atom stereocenters. The van der Waals surface area contributed by atoms with Gasteiger partial charge in [0.2, 0.25) is 0 Å². The molecule has 0 saturated carbocycles. The van der Waals surface area contributed by atoms with Crippen LogP contribution in [0, 0.1) is 0 Å². The van der Waals surface area contributed by atoms with Crippen molar-refractivity contribution in [2.24, 2.45) is 0 Å². The number of alkyl halides is 10. The summed E-state index contributed by atoms with van der Waals surface area (Å²) in [5.74, 6) is -14.3. The van der Waals surface area contributed by atoms with Crippen LogP contribution in [-0.4, -0.2) is 24.7 Å². The molecule has 0 spiro atoms. The molecule has 0 N–H and O–H groups in total. The number of esters is 1. The Kier molecular flexibility index (Phi) is 5.36. The summed E-state index contributed by atoms with van der Waals surface area (Å²) in [5, 5.41) is 0. The summed E-state index contributed by atoms with van der Waals surface area (Å²) < 4.78 is 132. The Bertz CT molecular complexity index is 645. The van der Waals surface area contributed by atoms with Gasteiger partial charge in [-0.25, -0.2) is 4.79 Å². The van der Waals surface area contributed by atoms with Crippen LogP contribution in [0.1, 0.15) is 28.4 Å². The van der Waals surface area contributed by atoms with E-state index in [2.05, 4.69) is 4.74 Å². The second-order valence-electron chi connectivity index (χ2n) is 4.66. The van der Waals surface area contributed by atoms with Crippen LogP contribution in [0.4, 0.5) is 43.9 Å². The minimum atomic E-state index is -6.74. The van der Waals surface area contributed by atoms with Gasteiger partial charge in [0.15, 0.2) is 0 Å². The maximum atomic E-state index is 13.6. The third kappa shape index (κ3) is 3.98. The Hall–Kier alpha value is -2.01. The number of halogens is 10. The summed E-state index contributed by atoms with van der Waals surface area (Å²) in [6.45, 7) is 0.804. The normalized spacial score (nSPS) is 13.7. The molecule has 1 rings (SSSR count). The number of hydrogen-bond donors (Lipinski definition) is 0.